The molecule has 20 heavy (non-hydrogen) atoms. The number of hydrazine groups is 1. The van der Waals surface area contributed by atoms with Crippen LogP contribution in [0.4, 0.5) is 5.69 Å². The Hall–Kier alpha value is -1.51. The van der Waals surface area contributed by atoms with Gasteiger partial charge in [0.05, 0.1) is 9.82 Å². The van der Waals surface area contributed by atoms with Gasteiger partial charge in [-0.15, -0.1) is 4.41 Å². The van der Waals surface area contributed by atoms with E-state index in [2.05, 4.69) is 0 Å². The maximum atomic E-state index is 12.4. The number of rotatable bonds is 4. The lowest BCUT2D eigenvalue weighted by molar-refractivity contribution is -0.385. The monoisotopic (exact) mass is 299 g/mol. The first kappa shape index (κ1) is 14.9. The van der Waals surface area contributed by atoms with Crippen molar-refractivity contribution in [2.75, 3.05) is 0 Å². The molecular weight excluding hydrogens is 282 g/mol. The van der Waals surface area contributed by atoms with Crippen LogP contribution in [-0.4, -0.2) is 23.8 Å². The Morgan fingerprint density at radius 3 is 2.50 bits per heavy atom. The van der Waals surface area contributed by atoms with Gasteiger partial charge in [-0.25, -0.2) is 8.42 Å². The van der Waals surface area contributed by atoms with Gasteiger partial charge in [-0.1, -0.05) is 25.3 Å². The van der Waals surface area contributed by atoms with E-state index < -0.39 is 14.9 Å². The van der Waals surface area contributed by atoms with E-state index >= 15 is 0 Å². The number of hydrogen-bond donors (Lipinski definition) is 1. The summed E-state index contributed by atoms with van der Waals surface area (Å²) in [7, 11) is -3.89. The average Bonchev–Trinajstić information content (AvgIpc) is 2.47. The van der Waals surface area contributed by atoms with Crippen molar-refractivity contribution in [3.8, 4) is 0 Å². The standard InChI is InChI=1S/C12H17N3O4S/c13-14(10-5-2-1-3-6-10)20(18,19)12-8-4-7-11(9-12)15(16)17/h4,7-10H,1-3,5-6,13H2. The Morgan fingerprint density at radius 1 is 1.25 bits per heavy atom. The lowest BCUT2D eigenvalue weighted by Gasteiger charge is -2.29. The summed E-state index contributed by atoms with van der Waals surface area (Å²) in [5.74, 6) is 5.76. The second-order valence-electron chi connectivity index (χ2n) is 4.88. The van der Waals surface area contributed by atoms with Crippen LogP contribution in [0, 0.1) is 10.1 Å². The SMILES string of the molecule is NN(C1CCCCC1)S(=O)(=O)c1cccc([N+](=O)[O-])c1. The first-order valence-corrected chi connectivity index (χ1v) is 7.90. The summed E-state index contributed by atoms with van der Waals surface area (Å²) in [6, 6.07) is 4.73. The fourth-order valence-corrected chi connectivity index (χ4v) is 3.78. The van der Waals surface area contributed by atoms with E-state index in [0.717, 1.165) is 42.6 Å². The van der Waals surface area contributed by atoms with Crippen LogP contribution in [-0.2, 0) is 10.0 Å². The predicted molar refractivity (Wildman–Crippen MR) is 73.2 cm³/mol. The number of benzene rings is 1. The Bertz CT molecular complexity index is 596. The van der Waals surface area contributed by atoms with E-state index in [0.29, 0.717) is 0 Å². The van der Waals surface area contributed by atoms with E-state index in [1.54, 1.807) is 0 Å². The molecule has 2 N–H and O–H groups in total. The minimum Gasteiger partial charge on any atom is -0.258 e. The van der Waals surface area contributed by atoms with E-state index in [4.69, 9.17) is 5.84 Å². The number of non-ortho nitro benzene ring substituents is 1. The van der Waals surface area contributed by atoms with Crippen LogP contribution in [0.3, 0.4) is 0 Å². The molecule has 0 spiro atoms. The summed E-state index contributed by atoms with van der Waals surface area (Å²) in [5.41, 5.74) is -0.261. The number of hydrogen-bond acceptors (Lipinski definition) is 5. The Balaban J connectivity index is 2.29. The molecular formula is C12H17N3O4S. The Morgan fingerprint density at radius 2 is 1.90 bits per heavy atom. The number of nitro benzene ring substituents is 1. The van der Waals surface area contributed by atoms with Crippen molar-refractivity contribution in [1.29, 1.82) is 0 Å². The van der Waals surface area contributed by atoms with Gasteiger partial charge in [0.1, 0.15) is 0 Å². The van der Waals surface area contributed by atoms with Gasteiger partial charge in [-0.2, -0.15) is 0 Å². The third-order valence-corrected chi connectivity index (χ3v) is 5.24. The van der Waals surface area contributed by atoms with Crippen LogP contribution in [0.1, 0.15) is 32.1 Å². The van der Waals surface area contributed by atoms with Crippen molar-refractivity contribution in [2.45, 2.75) is 43.0 Å². The number of sulfonamides is 1. The highest BCUT2D eigenvalue weighted by Crippen LogP contribution is 2.26. The van der Waals surface area contributed by atoms with Crippen molar-refractivity contribution >= 4 is 15.7 Å². The van der Waals surface area contributed by atoms with Crippen molar-refractivity contribution in [1.82, 2.24) is 4.41 Å². The molecule has 0 atom stereocenters. The molecule has 110 valence electrons. The van der Waals surface area contributed by atoms with Gasteiger partial charge in [0.15, 0.2) is 0 Å². The van der Waals surface area contributed by atoms with Crippen molar-refractivity contribution in [3.05, 3.63) is 34.4 Å². The van der Waals surface area contributed by atoms with Crippen LogP contribution in [0.15, 0.2) is 29.2 Å². The highest BCUT2D eigenvalue weighted by molar-refractivity contribution is 7.89. The van der Waals surface area contributed by atoms with Crippen LogP contribution in [0.2, 0.25) is 0 Å². The van der Waals surface area contributed by atoms with Gasteiger partial charge in [0, 0.05) is 18.2 Å². The number of nitrogens with two attached hydrogens (primary N) is 1. The molecule has 2 rings (SSSR count). The fraction of sp³-hybridized carbons (Fsp3) is 0.500. The number of nitro groups is 1. The molecule has 1 aliphatic carbocycles. The van der Waals surface area contributed by atoms with Crippen LogP contribution in [0.5, 0.6) is 0 Å². The molecule has 1 aromatic rings. The lowest BCUT2D eigenvalue weighted by Crippen LogP contribution is -2.46. The third kappa shape index (κ3) is 2.97. The van der Waals surface area contributed by atoms with Crippen molar-refractivity contribution in [3.63, 3.8) is 0 Å². The summed E-state index contributed by atoms with van der Waals surface area (Å²) in [5, 5.41) is 10.7. The molecule has 0 heterocycles. The van der Waals surface area contributed by atoms with Gasteiger partial charge < -0.3 is 0 Å². The zero-order valence-corrected chi connectivity index (χ0v) is 11.8. The van der Waals surface area contributed by atoms with E-state index in [1.807, 2.05) is 0 Å². The highest BCUT2D eigenvalue weighted by atomic mass is 32.2. The largest absolute Gasteiger partial charge is 0.270 e. The van der Waals surface area contributed by atoms with Crippen LogP contribution < -0.4 is 5.84 Å². The molecule has 1 aliphatic rings. The summed E-state index contributed by atoms with van der Waals surface area (Å²) in [4.78, 5) is 9.95. The molecule has 0 unspecified atom stereocenters. The molecule has 0 aromatic heterocycles. The minimum absolute atomic E-state index is 0.139. The molecule has 8 heteroatoms. The normalized spacial score (nSPS) is 17.3. The number of nitrogens with zero attached hydrogens (tertiary/aromatic N) is 2. The average molecular weight is 299 g/mol. The maximum absolute atomic E-state index is 12.4. The van der Waals surface area contributed by atoms with Crippen molar-refractivity contribution in [2.24, 2.45) is 5.84 Å². The predicted octanol–water partition coefficient (Wildman–Crippen LogP) is 1.79. The molecule has 1 saturated carbocycles. The molecule has 1 fully saturated rings. The minimum atomic E-state index is -3.89. The topological polar surface area (TPSA) is 107 Å². The van der Waals surface area contributed by atoms with Crippen molar-refractivity contribution < 1.29 is 13.3 Å². The molecule has 0 radical (unpaired) electrons. The van der Waals surface area contributed by atoms with E-state index in [1.165, 1.54) is 18.2 Å². The summed E-state index contributed by atoms with van der Waals surface area (Å²) in [6.45, 7) is 0. The molecule has 0 amide bonds. The lowest BCUT2D eigenvalue weighted by atomic mass is 9.96. The van der Waals surface area contributed by atoms with Crippen LogP contribution in [0.25, 0.3) is 0 Å². The fourth-order valence-electron chi connectivity index (χ4n) is 2.41. The van der Waals surface area contributed by atoms with Gasteiger partial charge in [-0.05, 0) is 18.9 Å². The van der Waals surface area contributed by atoms with Gasteiger partial charge in [-0.3, -0.25) is 16.0 Å². The first-order valence-electron chi connectivity index (χ1n) is 6.46. The molecule has 0 aliphatic heterocycles. The third-order valence-electron chi connectivity index (χ3n) is 3.54. The molecule has 7 nitrogen and oxygen atoms in total. The van der Waals surface area contributed by atoms with Gasteiger partial charge in [0.2, 0.25) is 0 Å². The summed E-state index contributed by atoms with van der Waals surface area (Å²) >= 11 is 0. The quantitative estimate of drug-likeness (QED) is 0.518. The molecule has 1 aromatic carbocycles. The smallest absolute Gasteiger partial charge is 0.258 e. The zero-order valence-electron chi connectivity index (χ0n) is 10.9. The summed E-state index contributed by atoms with van der Waals surface area (Å²) < 4.78 is 25.6. The first-order chi connectivity index (χ1) is 9.43. The second-order valence-corrected chi connectivity index (χ2v) is 6.72. The van der Waals surface area contributed by atoms with Gasteiger partial charge >= 0.3 is 0 Å². The molecule has 0 saturated heterocycles. The summed E-state index contributed by atoms with van der Waals surface area (Å²) in [6.07, 6.45) is 4.43. The Labute approximate surface area is 117 Å². The van der Waals surface area contributed by atoms with Gasteiger partial charge in [0.25, 0.3) is 15.7 Å². The van der Waals surface area contributed by atoms with Crippen LogP contribution >= 0.6 is 0 Å². The maximum Gasteiger partial charge on any atom is 0.270 e. The van der Waals surface area contributed by atoms with E-state index in [9.17, 15) is 18.5 Å². The van der Waals surface area contributed by atoms with E-state index in [-0.39, 0.29) is 16.6 Å². The zero-order chi connectivity index (χ0) is 14.8. The molecule has 0 bridgehead atoms. The second kappa shape index (κ2) is 5.86. The Kier molecular flexibility index (Phi) is 4.36. The highest BCUT2D eigenvalue weighted by Gasteiger charge is 2.30.